The van der Waals surface area contributed by atoms with Crippen molar-refractivity contribution in [2.24, 2.45) is 5.73 Å². The van der Waals surface area contributed by atoms with E-state index in [1.54, 1.807) is 18.4 Å². The molecule has 1 amide bonds. The summed E-state index contributed by atoms with van der Waals surface area (Å²) in [7, 11) is 3.55. The van der Waals surface area contributed by atoms with Crippen LogP contribution in [-0.2, 0) is 4.79 Å². The van der Waals surface area contributed by atoms with Crippen molar-refractivity contribution in [3.05, 3.63) is 20.8 Å². The highest BCUT2D eigenvalue weighted by Crippen LogP contribution is 2.31. The summed E-state index contributed by atoms with van der Waals surface area (Å²) in [4.78, 5) is 14.5. The van der Waals surface area contributed by atoms with Crippen LogP contribution in [0.3, 0.4) is 0 Å². The number of nitrogens with one attached hydrogen (secondary N) is 1. The van der Waals surface area contributed by atoms with Gasteiger partial charge in [-0.15, -0.1) is 11.3 Å². The van der Waals surface area contributed by atoms with Crippen molar-refractivity contribution < 1.29 is 4.79 Å². The van der Waals surface area contributed by atoms with Crippen LogP contribution in [0.5, 0.6) is 0 Å². The molecule has 4 nitrogen and oxygen atoms in total. The van der Waals surface area contributed by atoms with Gasteiger partial charge in [-0.3, -0.25) is 9.69 Å². The van der Waals surface area contributed by atoms with E-state index in [4.69, 9.17) is 5.73 Å². The van der Waals surface area contributed by atoms with Crippen LogP contribution in [-0.4, -0.2) is 37.5 Å². The van der Waals surface area contributed by atoms with Crippen molar-refractivity contribution in [3.8, 4) is 0 Å². The Labute approximate surface area is 114 Å². The minimum Gasteiger partial charge on any atom is -0.358 e. The minimum atomic E-state index is -0.0322. The van der Waals surface area contributed by atoms with Gasteiger partial charge in [0.15, 0.2) is 0 Å². The molecule has 0 radical (unpaired) electrons. The highest BCUT2D eigenvalue weighted by atomic mass is 79.9. The zero-order valence-corrected chi connectivity index (χ0v) is 12.6. The maximum atomic E-state index is 11.4. The van der Waals surface area contributed by atoms with Crippen LogP contribution in [0.2, 0.25) is 0 Å². The molecule has 0 aromatic carbocycles. The molecule has 0 bridgehead atoms. The lowest BCUT2D eigenvalue weighted by molar-refractivity contribution is -0.122. The molecular weight excluding hydrogens is 302 g/mol. The van der Waals surface area contributed by atoms with Crippen LogP contribution >= 0.6 is 27.3 Å². The fourth-order valence-corrected chi connectivity index (χ4v) is 3.47. The van der Waals surface area contributed by atoms with Crippen molar-refractivity contribution in [1.29, 1.82) is 0 Å². The number of carbonyl (C=O) groups excluding carboxylic acids is 1. The van der Waals surface area contributed by atoms with Gasteiger partial charge < -0.3 is 11.1 Å². The lowest BCUT2D eigenvalue weighted by Crippen LogP contribution is -2.41. The number of hydrogen-bond acceptors (Lipinski definition) is 4. The number of nitrogens with two attached hydrogens (primary N) is 1. The predicted octanol–water partition coefficient (Wildman–Crippen LogP) is 1.58. The molecule has 0 aliphatic heterocycles. The van der Waals surface area contributed by atoms with Crippen LogP contribution in [0.25, 0.3) is 0 Å². The second-order valence-electron chi connectivity index (χ2n) is 4.03. The van der Waals surface area contributed by atoms with Gasteiger partial charge in [-0.05, 0) is 42.0 Å². The topological polar surface area (TPSA) is 58.4 Å². The molecule has 3 N–H and O–H groups in total. The van der Waals surface area contributed by atoms with Gasteiger partial charge in [0.2, 0.25) is 5.91 Å². The van der Waals surface area contributed by atoms with Crippen LogP contribution in [0.15, 0.2) is 15.9 Å². The molecule has 0 spiro atoms. The van der Waals surface area contributed by atoms with Gasteiger partial charge in [-0.1, -0.05) is 0 Å². The summed E-state index contributed by atoms with van der Waals surface area (Å²) in [5.74, 6) is -0.00577. The Hall–Kier alpha value is -0.430. The number of halogens is 1. The van der Waals surface area contributed by atoms with E-state index in [0.717, 1.165) is 3.79 Å². The van der Waals surface area contributed by atoms with Crippen molar-refractivity contribution in [2.75, 3.05) is 20.6 Å². The Bertz CT molecular complexity index is 381. The Morgan fingerprint density at radius 3 is 2.71 bits per heavy atom. The third-order valence-electron chi connectivity index (χ3n) is 2.53. The van der Waals surface area contributed by atoms with Crippen molar-refractivity contribution in [1.82, 2.24) is 10.2 Å². The Morgan fingerprint density at radius 1 is 1.65 bits per heavy atom. The summed E-state index contributed by atoms with van der Waals surface area (Å²) < 4.78 is 1.08. The Morgan fingerprint density at radius 2 is 2.29 bits per heavy atom. The van der Waals surface area contributed by atoms with Crippen molar-refractivity contribution >= 4 is 33.2 Å². The first kappa shape index (κ1) is 14.6. The van der Waals surface area contributed by atoms with Gasteiger partial charge in [-0.2, -0.15) is 0 Å². The van der Waals surface area contributed by atoms with E-state index < -0.39 is 0 Å². The third kappa shape index (κ3) is 4.06. The molecule has 6 heteroatoms. The molecule has 17 heavy (non-hydrogen) atoms. The smallest absolute Gasteiger partial charge is 0.233 e. The Balaban J connectivity index is 2.82. The quantitative estimate of drug-likeness (QED) is 0.866. The van der Waals surface area contributed by atoms with Gasteiger partial charge in [0, 0.05) is 18.0 Å². The third-order valence-corrected chi connectivity index (χ3v) is 4.22. The normalized spacial score (nSPS) is 14.7. The second-order valence-corrected chi connectivity index (χ2v) is 6.53. The van der Waals surface area contributed by atoms with Crippen LogP contribution < -0.4 is 11.1 Å². The number of amides is 1. The number of nitrogens with zero attached hydrogens (tertiary/aromatic N) is 1. The molecular formula is C11H18BrN3OS. The summed E-state index contributed by atoms with van der Waals surface area (Å²) in [6.45, 7) is 2.30. The van der Waals surface area contributed by atoms with E-state index in [-0.39, 0.29) is 18.0 Å². The van der Waals surface area contributed by atoms with Gasteiger partial charge in [-0.25, -0.2) is 0 Å². The van der Waals surface area contributed by atoms with Gasteiger partial charge in [0.1, 0.15) is 0 Å². The fourth-order valence-electron chi connectivity index (χ4n) is 1.77. The molecule has 1 aromatic rings. The average Bonchev–Trinajstić information content (AvgIpc) is 2.64. The minimum absolute atomic E-state index is 0.00577. The molecule has 0 fully saturated rings. The summed E-state index contributed by atoms with van der Waals surface area (Å²) >= 11 is 5.09. The lowest BCUT2D eigenvalue weighted by Gasteiger charge is -2.29. The largest absolute Gasteiger partial charge is 0.358 e. The lowest BCUT2D eigenvalue weighted by atomic mass is 10.1. The van der Waals surface area contributed by atoms with Gasteiger partial charge in [0.05, 0.1) is 16.4 Å². The van der Waals surface area contributed by atoms with Crippen molar-refractivity contribution in [2.45, 2.75) is 19.0 Å². The molecule has 2 unspecified atom stereocenters. The van der Waals surface area contributed by atoms with Crippen molar-refractivity contribution in [3.63, 3.8) is 0 Å². The van der Waals surface area contributed by atoms with E-state index in [2.05, 4.69) is 21.2 Å². The molecule has 96 valence electrons. The molecule has 2 atom stereocenters. The second kappa shape index (κ2) is 6.49. The molecule has 0 aliphatic carbocycles. The predicted molar refractivity (Wildman–Crippen MR) is 75.1 cm³/mol. The van der Waals surface area contributed by atoms with Gasteiger partial charge in [0.25, 0.3) is 0 Å². The summed E-state index contributed by atoms with van der Waals surface area (Å²) in [5, 5.41) is 2.62. The average molecular weight is 320 g/mol. The maximum Gasteiger partial charge on any atom is 0.233 e. The molecule has 1 heterocycles. The first-order valence-corrected chi connectivity index (χ1v) is 6.98. The summed E-state index contributed by atoms with van der Waals surface area (Å²) in [6, 6.07) is 4.07. The summed E-state index contributed by atoms with van der Waals surface area (Å²) in [5.41, 5.74) is 6.01. The monoisotopic (exact) mass is 319 g/mol. The zero-order valence-electron chi connectivity index (χ0n) is 10.2. The molecule has 1 rings (SSSR count). The maximum absolute atomic E-state index is 11.4. The standard InChI is InChI=1S/C11H18BrN3OS/c1-7(13)11(8-4-5-9(12)17-8)15(3)6-10(16)14-2/h4-5,7,11H,6,13H2,1-3H3,(H,14,16). The van der Waals surface area contributed by atoms with E-state index in [1.807, 2.05) is 31.0 Å². The SMILES string of the molecule is CNC(=O)CN(C)C(c1ccc(Br)s1)C(C)N. The highest BCUT2D eigenvalue weighted by Gasteiger charge is 2.24. The van der Waals surface area contributed by atoms with E-state index >= 15 is 0 Å². The number of thiophene rings is 1. The van der Waals surface area contributed by atoms with Crippen LogP contribution in [0, 0.1) is 0 Å². The van der Waals surface area contributed by atoms with E-state index in [9.17, 15) is 4.79 Å². The van der Waals surface area contributed by atoms with Crippen LogP contribution in [0.4, 0.5) is 0 Å². The molecule has 0 aliphatic rings. The first-order valence-electron chi connectivity index (χ1n) is 5.37. The van der Waals surface area contributed by atoms with Crippen LogP contribution in [0.1, 0.15) is 17.8 Å². The summed E-state index contributed by atoms with van der Waals surface area (Å²) in [6.07, 6.45) is 0. The first-order chi connectivity index (χ1) is 7.95. The number of hydrogen-bond donors (Lipinski definition) is 2. The van der Waals surface area contributed by atoms with E-state index in [0.29, 0.717) is 6.54 Å². The highest BCUT2D eigenvalue weighted by molar-refractivity contribution is 9.11. The Kier molecular flexibility index (Phi) is 5.58. The number of carbonyl (C=O) groups is 1. The fraction of sp³-hybridized carbons (Fsp3) is 0.545. The molecule has 0 saturated carbocycles. The zero-order chi connectivity index (χ0) is 13.0. The molecule has 0 saturated heterocycles. The van der Waals surface area contributed by atoms with E-state index in [1.165, 1.54) is 4.88 Å². The number of rotatable bonds is 5. The number of likely N-dealkylation sites (N-methyl/N-ethyl adjacent to an activating group) is 2. The molecule has 1 aromatic heterocycles. The van der Waals surface area contributed by atoms with Gasteiger partial charge >= 0.3 is 0 Å².